The molecule has 1 saturated heterocycles. The normalized spacial score (nSPS) is 17.3. The topological polar surface area (TPSA) is 186 Å². The van der Waals surface area contributed by atoms with Crippen LogP contribution in [-0.4, -0.2) is 90.8 Å². The molecule has 272 valence electrons. The van der Waals surface area contributed by atoms with E-state index in [-0.39, 0.29) is 52.1 Å². The molecule has 18 heteroatoms. The highest BCUT2D eigenvalue weighted by Gasteiger charge is 2.42. The minimum Gasteiger partial charge on any atom is -0.461 e. The van der Waals surface area contributed by atoms with E-state index in [0.29, 0.717) is 18.4 Å². The summed E-state index contributed by atoms with van der Waals surface area (Å²) in [6.45, 7) is 5.35. The van der Waals surface area contributed by atoms with Crippen LogP contribution in [0.1, 0.15) is 57.6 Å². The third kappa shape index (κ3) is 9.50. The number of hydrogen-bond acceptors (Lipinski definition) is 12. The molecule has 1 aliphatic heterocycles. The molecule has 1 fully saturated rings. The number of piperidine rings is 1. The van der Waals surface area contributed by atoms with E-state index in [2.05, 4.69) is 45.8 Å². The second-order valence-corrected chi connectivity index (χ2v) is 18.0. The van der Waals surface area contributed by atoms with Crippen LogP contribution in [0.2, 0.25) is 5.02 Å². The van der Waals surface area contributed by atoms with Gasteiger partial charge in [0.25, 0.3) is 0 Å². The number of nitrogens with one attached hydrogen (secondary N) is 3. The lowest BCUT2D eigenvalue weighted by Crippen LogP contribution is -2.64. The van der Waals surface area contributed by atoms with Crippen LogP contribution in [0, 0.1) is 0 Å². The van der Waals surface area contributed by atoms with Gasteiger partial charge in [-0.3, -0.25) is 5.32 Å². The number of ether oxygens (including phenoxy) is 1. The van der Waals surface area contributed by atoms with Gasteiger partial charge in [0, 0.05) is 20.3 Å². The summed E-state index contributed by atoms with van der Waals surface area (Å²) in [5, 5.41) is 51.6. The minimum absolute atomic E-state index is 0.0240. The number of hydrogen-bond donors (Lipinski definition) is 7. The summed E-state index contributed by atoms with van der Waals surface area (Å²) in [7, 11) is 1.76. The van der Waals surface area contributed by atoms with Crippen molar-refractivity contribution in [1.82, 2.24) is 15.3 Å². The molecule has 7 N–H and O–H groups in total. The van der Waals surface area contributed by atoms with E-state index >= 15 is 0 Å². The van der Waals surface area contributed by atoms with Crippen molar-refractivity contribution >= 4 is 80.1 Å². The van der Waals surface area contributed by atoms with Crippen molar-refractivity contribution in [1.29, 1.82) is 0 Å². The van der Waals surface area contributed by atoms with E-state index in [1.165, 1.54) is 46.0 Å². The summed E-state index contributed by atoms with van der Waals surface area (Å²) in [6.07, 6.45) is 2.66. The van der Waals surface area contributed by atoms with E-state index in [4.69, 9.17) is 16.3 Å². The number of aliphatic hydroxyl groups is 4. The van der Waals surface area contributed by atoms with Gasteiger partial charge in [-0.15, -0.1) is 0 Å². The molecule has 0 amide bonds. The standard InChI is InChI=1S/C34H44B4ClN5O7S/c1-31(2,45)51-27-14-22(21-16-33(35,36)44-34(47,48)17-21)23(38(37)18-20-10-6-5-7-11-20)15-26(27)42-30-40-19-24(39)29(43-30)41-25-12-8-9-13-28(25)52(49,50)32(3,4)46/h5-15,19,21,44-48H,16-18,35-37H2,1-4H3,(H2,40,41,42,43). The first kappa shape index (κ1) is 39.6. The number of benzene rings is 3. The number of aromatic nitrogens is 2. The average molecular weight is 746 g/mol. The Balaban J connectivity index is 1.60. The Morgan fingerprint density at radius 1 is 1.00 bits per heavy atom. The molecule has 0 radical (unpaired) electrons. The fourth-order valence-electron chi connectivity index (χ4n) is 6.65. The Morgan fingerprint density at radius 3 is 2.29 bits per heavy atom. The molecule has 1 atom stereocenters. The van der Waals surface area contributed by atoms with Crippen LogP contribution < -0.4 is 26.2 Å². The van der Waals surface area contributed by atoms with Crippen LogP contribution in [-0.2, 0) is 16.2 Å². The van der Waals surface area contributed by atoms with Crippen molar-refractivity contribution in [3.63, 3.8) is 0 Å². The Bertz CT molecular complexity index is 2020. The maximum Gasteiger partial charge on any atom is 0.229 e. The molecule has 1 aliphatic rings. The summed E-state index contributed by atoms with van der Waals surface area (Å²) in [5.74, 6) is -3.55. The number of halogens is 1. The number of rotatable bonds is 12. The van der Waals surface area contributed by atoms with Gasteiger partial charge < -0.3 is 35.8 Å². The number of para-hydroxylation sites is 1. The van der Waals surface area contributed by atoms with Crippen molar-refractivity contribution in [2.24, 2.45) is 0 Å². The van der Waals surface area contributed by atoms with Gasteiger partial charge in [0.05, 0.1) is 30.2 Å². The highest BCUT2D eigenvalue weighted by atomic mass is 35.5. The Labute approximate surface area is 313 Å². The van der Waals surface area contributed by atoms with Crippen LogP contribution in [0.3, 0.4) is 0 Å². The van der Waals surface area contributed by atoms with Crippen LogP contribution in [0.4, 0.5) is 23.1 Å². The van der Waals surface area contributed by atoms with Crippen molar-refractivity contribution in [2.45, 2.75) is 79.6 Å². The molecule has 0 bridgehead atoms. The molecule has 52 heavy (non-hydrogen) atoms. The smallest absolute Gasteiger partial charge is 0.229 e. The highest BCUT2D eigenvalue weighted by molar-refractivity contribution is 7.92. The van der Waals surface area contributed by atoms with E-state index in [9.17, 15) is 28.8 Å². The van der Waals surface area contributed by atoms with Gasteiger partial charge in [-0.25, -0.2) is 13.4 Å². The second-order valence-electron chi connectivity index (χ2n) is 15.1. The first-order chi connectivity index (χ1) is 24.0. The number of sulfone groups is 1. The van der Waals surface area contributed by atoms with Gasteiger partial charge in [0.2, 0.25) is 27.5 Å². The quantitative estimate of drug-likeness (QED) is 0.0803. The molecule has 1 aromatic heterocycles. The van der Waals surface area contributed by atoms with E-state index in [1.807, 2.05) is 46.0 Å². The maximum atomic E-state index is 13.2. The van der Waals surface area contributed by atoms with Gasteiger partial charge in [0.15, 0.2) is 10.8 Å². The van der Waals surface area contributed by atoms with Gasteiger partial charge in [0.1, 0.15) is 33.1 Å². The molecule has 2 heterocycles. The largest absolute Gasteiger partial charge is 0.461 e. The van der Waals surface area contributed by atoms with Crippen molar-refractivity contribution in [3.05, 3.63) is 89.1 Å². The Hall–Kier alpha value is -3.56. The minimum atomic E-state index is -4.17. The van der Waals surface area contributed by atoms with Gasteiger partial charge in [-0.05, 0) is 61.4 Å². The fourth-order valence-corrected chi connectivity index (χ4v) is 8.00. The molecule has 4 aromatic rings. The molecule has 12 nitrogen and oxygen atoms in total. The summed E-state index contributed by atoms with van der Waals surface area (Å²) < 4.78 is 32.5. The average Bonchev–Trinajstić information content (AvgIpc) is 3.01. The van der Waals surface area contributed by atoms with E-state index < -0.39 is 31.8 Å². The number of anilines is 4. The van der Waals surface area contributed by atoms with Gasteiger partial charge in [-0.1, -0.05) is 71.4 Å². The Morgan fingerprint density at radius 2 is 1.65 bits per heavy atom. The number of nitrogens with zero attached hydrogens (tertiary/aromatic N) is 2. The zero-order chi connectivity index (χ0) is 38.3. The molecule has 0 aliphatic carbocycles. The molecule has 1 unspecified atom stereocenters. The molecular formula is C34H44B4ClN5O7S. The molecule has 0 spiro atoms. The first-order valence-electron chi connectivity index (χ1n) is 17.0. The predicted molar refractivity (Wildman–Crippen MR) is 213 cm³/mol. The molecule has 3 aromatic carbocycles. The predicted octanol–water partition coefficient (Wildman–Crippen LogP) is 0.865. The lowest BCUT2D eigenvalue weighted by molar-refractivity contribution is -0.209. The Kier molecular flexibility index (Phi) is 11.2. The third-order valence-corrected chi connectivity index (χ3v) is 11.3. The van der Waals surface area contributed by atoms with Crippen molar-refractivity contribution < 1.29 is 33.6 Å². The van der Waals surface area contributed by atoms with E-state index in [0.717, 1.165) is 16.6 Å². The van der Waals surface area contributed by atoms with Gasteiger partial charge in [-0.2, -0.15) is 4.98 Å². The summed E-state index contributed by atoms with van der Waals surface area (Å²) in [5.41, 5.74) is 3.47. The summed E-state index contributed by atoms with van der Waals surface area (Å²) in [6, 6.07) is 19.9. The van der Waals surface area contributed by atoms with Crippen LogP contribution >= 0.6 is 11.6 Å². The lowest BCUT2D eigenvalue weighted by atomic mass is 9.26. The van der Waals surface area contributed by atoms with Crippen LogP contribution in [0.25, 0.3) is 0 Å². The zero-order valence-electron chi connectivity index (χ0n) is 30.4. The molecule has 0 saturated carbocycles. The second kappa shape index (κ2) is 14.7. The van der Waals surface area contributed by atoms with Crippen LogP contribution in [0.15, 0.2) is 77.8 Å². The van der Waals surface area contributed by atoms with E-state index in [1.54, 1.807) is 12.1 Å². The fraction of sp³-hybridized carbons (Fsp3) is 0.353. The van der Waals surface area contributed by atoms with Crippen LogP contribution in [0.5, 0.6) is 5.75 Å². The first-order valence-corrected chi connectivity index (χ1v) is 18.9. The monoisotopic (exact) mass is 745 g/mol. The summed E-state index contributed by atoms with van der Waals surface area (Å²) in [4.78, 5) is 6.74. The highest BCUT2D eigenvalue weighted by Crippen LogP contribution is 2.40. The van der Waals surface area contributed by atoms with Crippen molar-refractivity contribution in [3.8, 4) is 5.75 Å². The zero-order valence-corrected chi connectivity index (χ0v) is 32.0. The summed E-state index contributed by atoms with van der Waals surface area (Å²) >= 11 is 6.50. The third-order valence-electron chi connectivity index (χ3n) is 8.80. The molecular weight excluding hydrogens is 701 g/mol. The van der Waals surface area contributed by atoms with Gasteiger partial charge >= 0.3 is 0 Å². The maximum absolute atomic E-state index is 13.2. The molecule has 5 rings (SSSR count). The lowest BCUT2D eigenvalue weighted by Gasteiger charge is -2.45. The van der Waals surface area contributed by atoms with Crippen molar-refractivity contribution in [2.75, 3.05) is 10.6 Å². The SMILES string of the molecule is BB(Cc1ccccc1)c1cc(Nc2ncc(Cl)c(Nc3ccccc3S(=O)(=O)C(C)(C)O)n2)c(OC(C)(C)O)cc1C1CC(B)(B)NC(O)(O)C1.